The van der Waals surface area contributed by atoms with E-state index in [1.54, 1.807) is 0 Å². The molecule has 7 rings (SSSR count). The maximum atomic E-state index is 2.37. The van der Waals surface area contributed by atoms with Crippen molar-refractivity contribution in [3.8, 4) is 0 Å². The second-order valence-electron chi connectivity index (χ2n) is 14.2. The largest absolute Gasteiger partial charge is 0.310 e. The number of hydrogen-bond acceptors (Lipinski definition) is 2. The molecule has 2 nitrogen and oxygen atoms in total. The molecule has 0 aliphatic rings. The first-order valence-corrected chi connectivity index (χ1v) is 17.4. The summed E-state index contributed by atoms with van der Waals surface area (Å²) >= 11 is 0. The van der Waals surface area contributed by atoms with Crippen LogP contribution in [0.5, 0.6) is 0 Å². The number of rotatable bonds is 8. The molecule has 0 saturated carbocycles. The van der Waals surface area contributed by atoms with E-state index in [4.69, 9.17) is 0 Å². The Bertz CT molecular complexity index is 2200. The summed E-state index contributed by atoms with van der Waals surface area (Å²) in [6, 6.07) is 59.2. The Morgan fingerprint density at radius 2 is 0.880 bits per heavy atom. The lowest BCUT2D eigenvalue weighted by Crippen LogP contribution is -2.13. The first kappa shape index (κ1) is 32.7. The van der Waals surface area contributed by atoms with Crippen molar-refractivity contribution < 1.29 is 0 Å². The number of hydrogen-bond donors (Lipinski definition) is 0. The van der Waals surface area contributed by atoms with E-state index in [0.717, 1.165) is 39.6 Å². The summed E-state index contributed by atoms with van der Waals surface area (Å²) in [4.78, 5) is 4.69. The maximum absolute atomic E-state index is 2.37. The predicted octanol–water partition coefficient (Wildman–Crippen LogP) is 13.9. The van der Waals surface area contributed by atoms with Crippen molar-refractivity contribution in [3.05, 3.63) is 192 Å². The number of aryl methyl sites for hydroxylation is 2. The molecule has 0 saturated heterocycles. The Hall–Kier alpha value is -5.86. The second kappa shape index (κ2) is 13.9. The number of anilines is 6. The third-order valence-electron chi connectivity index (χ3n) is 9.29. The molecule has 0 fully saturated rings. The van der Waals surface area contributed by atoms with Gasteiger partial charge in [-0.25, -0.2) is 0 Å². The van der Waals surface area contributed by atoms with Gasteiger partial charge in [0.25, 0.3) is 0 Å². The zero-order chi connectivity index (χ0) is 34.7. The van der Waals surface area contributed by atoms with Crippen LogP contribution in [0.3, 0.4) is 0 Å². The minimum atomic E-state index is 0.0958. The number of fused-ring (bicyclic) bond motifs is 1. The van der Waals surface area contributed by atoms with E-state index in [2.05, 4.69) is 220 Å². The number of nitrogens with zero attached hydrogens (tertiary/aromatic N) is 2. The standard InChI is InChI=1S/C48H44N2/c1-35-11-8-15-44(33-35)49(45-16-9-12-36(2)34-45)41-27-21-37(22-28-41)19-20-38-23-29-42(30-24-38)50(43-31-25-40(26-32-43)48(3,4)5)47-18-10-14-39-13-6-7-17-46(39)47/h6-34H,1-5H3/b20-19+. The van der Waals surface area contributed by atoms with Crippen molar-refractivity contribution >= 4 is 57.0 Å². The van der Waals surface area contributed by atoms with Crippen LogP contribution in [0.1, 0.15) is 48.6 Å². The average Bonchev–Trinajstić information content (AvgIpc) is 3.12. The van der Waals surface area contributed by atoms with Crippen LogP contribution in [0.2, 0.25) is 0 Å². The van der Waals surface area contributed by atoms with Gasteiger partial charge in [-0.3, -0.25) is 0 Å². The smallest absolute Gasteiger partial charge is 0.0540 e. The summed E-state index contributed by atoms with van der Waals surface area (Å²) in [6.07, 6.45) is 4.38. The van der Waals surface area contributed by atoms with Crippen molar-refractivity contribution in [3.63, 3.8) is 0 Å². The van der Waals surface area contributed by atoms with Gasteiger partial charge >= 0.3 is 0 Å². The summed E-state index contributed by atoms with van der Waals surface area (Å²) in [5.41, 5.74) is 13.1. The highest BCUT2D eigenvalue weighted by Crippen LogP contribution is 2.40. The van der Waals surface area contributed by atoms with E-state index in [1.165, 1.54) is 33.2 Å². The molecule has 0 radical (unpaired) electrons. The van der Waals surface area contributed by atoms with E-state index in [1.807, 2.05) is 0 Å². The van der Waals surface area contributed by atoms with E-state index in [0.29, 0.717) is 0 Å². The van der Waals surface area contributed by atoms with Crippen LogP contribution in [0.15, 0.2) is 164 Å². The van der Waals surface area contributed by atoms with Crippen LogP contribution in [0.4, 0.5) is 34.1 Å². The van der Waals surface area contributed by atoms with Crippen LogP contribution < -0.4 is 9.80 Å². The fourth-order valence-corrected chi connectivity index (χ4v) is 6.58. The Morgan fingerprint density at radius 3 is 1.40 bits per heavy atom. The van der Waals surface area contributed by atoms with Gasteiger partial charge in [-0.1, -0.05) is 130 Å². The molecular weight excluding hydrogens is 605 g/mol. The molecule has 0 amide bonds. The van der Waals surface area contributed by atoms with Crippen molar-refractivity contribution in [1.82, 2.24) is 0 Å². The fourth-order valence-electron chi connectivity index (χ4n) is 6.58. The van der Waals surface area contributed by atoms with E-state index >= 15 is 0 Å². The van der Waals surface area contributed by atoms with E-state index in [-0.39, 0.29) is 5.41 Å². The topological polar surface area (TPSA) is 6.48 Å². The van der Waals surface area contributed by atoms with Crippen LogP contribution in [0, 0.1) is 13.8 Å². The second-order valence-corrected chi connectivity index (χ2v) is 14.2. The Kier molecular flexibility index (Phi) is 9.11. The highest BCUT2D eigenvalue weighted by molar-refractivity contribution is 5.99. The van der Waals surface area contributed by atoms with Gasteiger partial charge in [-0.15, -0.1) is 0 Å². The van der Waals surface area contributed by atoms with Gasteiger partial charge < -0.3 is 9.80 Å². The summed E-state index contributed by atoms with van der Waals surface area (Å²) in [7, 11) is 0. The SMILES string of the molecule is Cc1cccc(N(c2ccc(/C=C/c3ccc(N(c4ccc(C(C)(C)C)cc4)c4cccc5ccccc45)cc3)cc2)c2cccc(C)c2)c1. The molecule has 7 aromatic rings. The first-order chi connectivity index (χ1) is 24.2. The molecule has 0 aliphatic carbocycles. The fraction of sp³-hybridized carbons (Fsp3) is 0.125. The minimum absolute atomic E-state index is 0.0958. The van der Waals surface area contributed by atoms with Gasteiger partial charge in [0.15, 0.2) is 0 Å². The Morgan fingerprint density at radius 1 is 0.420 bits per heavy atom. The van der Waals surface area contributed by atoms with Gasteiger partial charge in [0.05, 0.1) is 5.69 Å². The lowest BCUT2D eigenvalue weighted by Gasteiger charge is -2.28. The van der Waals surface area contributed by atoms with E-state index < -0.39 is 0 Å². The van der Waals surface area contributed by atoms with Gasteiger partial charge in [-0.2, -0.15) is 0 Å². The average molecular weight is 649 g/mol. The first-order valence-electron chi connectivity index (χ1n) is 17.4. The minimum Gasteiger partial charge on any atom is -0.310 e. The summed E-state index contributed by atoms with van der Waals surface area (Å²) in [5.74, 6) is 0. The third kappa shape index (κ3) is 7.11. The maximum Gasteiger partial charge on any atom is 0.0540 e. The molecule has 0 aliphatic heterocycles. The summed E-state index contributed by atoms with van der Waals surface area (Å²) < 4.78 is 0. The van der Waals surface area contributed by atoms with Gasteiger partial charge in [0.1, 0.15) is 0 Å². The molecule has 0 bridgehead atoms. The van der Waals surface area contributed by atoms with Crippen molar-refractivity contribution in [1.29, 1.82) is 0 Å². The summed E-state index contributed by atoms with van der Waals surface area (Å²) in [5, 5.41) is 2.46. The lowest BCUT2D eigenvalue weighted by atomic mass is 9.87. The van der Waals surface area contributed by atoms with Crippen LogP contribution >= 0.6 is 0 Å². The molecule has 0 heterocycles. The van der Waals surface area contributed by atoms with Gasteiger partial charge in [0, 0.05) is 33.8 Å². The van der Waals surface area contributed by atoms with Crippen molar-refractivity contribution in [2.24, 2.45) is 0 Å². The van der Waals surface area contributed by atoms with Crippen LogP contribution in [-0.4, -0.2) is 0 Å². The molecule has 50 heavy (non-hydrogen) atoms. The molecular formula is C48H44N2. The third-order valence-corrected chi connectivity index (χ3v) is 9.29. The van der Waals surface area contributed by atoms with Crippen molar-refractivity contribution in [2.45, 2.75) is 40.0 Å². The zero-order valence-corrected chi connectivity index (χ0v) is 29.6. The Balaban J connectivity index is 1.17. The molecule has 0 atom stereocenters. The van der Waals surface area contributed by atoms with Gasteiger partial charge in [-0.05, 0) is 119 Å². The van der Waals surface area contributed by atoms with Crippen LogP contribution in [0.25, 0.3) is 22.9 Å². The molecule has 246 valence electrons. The normalized spacial score (nSPS) is 11.6. The van der Waals surface area contributed by atoms with E-state index in [9.17, 15) is 0 Å². The quantitative estimate of drug-likeness (QED) is 0.151. The molecule has 0 unspecified atom stereocenters. The van der Waals surface area contributed by atoms with Crippen molar-refractivity contribution in [2.75, 3.05) is 9.80 Å². The van der Waals surface area contributed by atoms with Crippen LogP contribution in [-0.2, 0) is 5.41 Å². The highest BCUT2D eigenvalue weighted by atomic mass is 15.1. The molecule has 0 spiro atoms. The monoisotopic (exact) mass is 648 g/mol. The lowest BCUT2D eigenvalue weighted by molar-refractivity contribution is 0.590. The summed E-state index contributed by atoms with van der Waals surface area (Å²) in [6.45, 7) is 11.1. The molecule has 2 heteroatoms. The van der Waals surface area contributed by atoms with Gasteiger partial charge in [0.2, 0.25) is 0 Å². The zero-order valence-electron chi connectivity index (χ0n) is 29.6. The number of benzene rings is 7. The molecule has 0 aromatic heterocycles. The highest BCUT2D eigenvalue weighted by Gasteiger charge is 2.18. The predicted molar refractivity (Wildman–Crippen MR) is 217 cm³/mol. The molecule has 0 N–H and O–H groups in total. The Labute approximate surface area is 297 Å². The molecule has 7 aromatic carbocycles.